The van der Waals surface area contributed by atoms with Gasteiger partial charge in [0.05, 0.1) is 4.88 Å². The van der Waals surface area contributed by atoms with E-state index in [-0.39, 0.29) is 5.41 Å². The number of aromatic nitrogens is 1. The summed E-state index contributed by atoms with van der Waals surface area (Å²) < 4.78 is 7.96. The van der Waals surface area contributed by atoms with E-state index < -0.39 is 0 Å². The quantitative estimate of drug-likeness (QED) is 0.239. The summed E-state index contributed by atoms with van der Waals surface area (Å²) in [6.07, 6.45) is 3.00. The van der Waals surface area contributed by atoms with Gasteiger partial charge in [-0.3, -0.25) is 4.98 Å². The zero-order valence-corrected chi connectivity index (χ0v) is 23.3. The van der Waals surface area contributed by atoms with Crippen molar-refractivity contribution in [1.82, 2.24) is 4.98 Å². The molecule has 6 aromatic rings. The number of furan rings is 1. The number of rotatable bonds is 4. The van der Waals surface area contributed by atoms with E-state index in [9.17, 15) is 0 Å². The first-order chi connectivity index (χ1) is 17.7. The largest absolute Gasteiger partial charge is 0.453 e. The van der Waals surface area contributed by atoms with Gasteiger partial charge in [-0.05, 0) is 87.9 Å². The van der Waals surface area contributed by atoms with E-state index >= 15 is 0 Å². The van der Waals surface area contributed by atoms with Crippen LogP contribution in [0.5, 0.6) is 0 Å². The van der Waals surface area contributed by atoms with Crippen molar-refractivity contribution in [1.29, 1.82) is 0 Å². The van der Waals surface area contributed by atoms with Crippen molar-refractivity contribution in [2.24, 2.45) is 5.92 Å². The second kappa shape index (κ2) is 8.85. The Bertz CT molecular complexity index is 1780. The molecule has 0 spiro atoms. The normalized spacial score (nSPS) is 12.4. The Balaban J connectivity index is 1.51. The molecule has 2 nitrogen and oxygen atoms in total. The van der Waals surface area contributed by atoms with E-state index in [1.165, 1.54) is 42.4 Å². The van der Waals surface area contributed by atoms with Crippen LogP contribution in [-0.4, -0.2) is 4.98 Å². The van der Waals surface area contributed by atoms with Gasteiger partial charge in [-0.25, -0.2) is 0 Å². The first kappa shape index (κ1) is 23.9. The third-order valence-electron chi connectivity index (χ3n) is 7.25. The smallest absolute Gasteiger partial charge is 0.161 e. The van der Waals surface area contributed by atoms with E-state index in [1.807, 2.05) is 17.5 Å². The van der Waals surface area contributed by atoms with E-state index in [2.05, 4.69) is 108 Å². The van der Waals surface area contributed by atoms with Gasteiger partial charge in [0.1, 0.15) is 11.5 Å². The zero-order valence-electron chi connectivity index (χ0n) is 22.5. The minimum absolute atomic E-state index is 0.0143. The lowest BCUT2D eigenvalue weighted by Gasteiger charge is -2.22. The van der Waals surface area contributed by atoms with Crippen LogP contribution in [0.1, 0.15) is 51.3 Å². The Morgan fingerprint density at radius 3 is 2.49 bits per heavy atom. The molecule has 0 amide bonds. The van der Waals surface area contributed by atoms with Crippen molar-refractivity contribution in [2.45, 2.75) is 53.4 Å². The van der Waals surface area contributed by atoms with Gasteiger partial charge in [0, 0.05) is 21.8 Å². The van der Waals surface area contributed by atoms with Crippen molar-refractivity contribution < 1.29 is 4.42 Å². The number of benzene rings is 3. The minimum atomic E-state index is 0.0143. The second-order valence-corrected chi connectivity index (χ2v) is 12.7. The SMILES string of the molecule is Cc1c(-c2cc3ccnc(-c4cc(C(C)(C)C)c5ccccc5c4)c3o2)sc2cc(CC(C)C)ccc12. The summed E-state index contributed by atoms with van der Waals surface area (Å²) >= 11 is 1.83. The molecule has 3 aromatic carbocycles. The first-order valence-corrected chi connectivity index (χ1v) is 14.0. The molecule has 3 heterocycles. The molecule has 0 aliphatic rings. The number of thiophene rings is 1. The summed E-state index contributed by atoms with van der Waals surface area (Å²) in [5.41, 5.74) is 6.87. The van der Waals surface area contributed by atoms with Crippen molar-refractivity contribution in [3.63, 3.8) is 0 Å². The number of hydrogen-bond donors (Lipinski definition) is 0. The predicted molar refractivity (Wildman–Crippen MR) is 160 cm³/mol. The summed E-state index contributed by atoms with van der Waals surface area (Å²) in [6, 6.07) is 24.3. The Morgan fingerprint density at radius 1 is 0.892 bits per heavy atom. The molecule has 186 valence electrons. The lowest BCUT2D eigenvalue weighted by Crippen LogP contribution is -2.12. The molecule has 0 bridgehead atoms. The fraction of sp³-hybridized carbons (Fsp3) is 0.265. The fourth-order valence-corrected chi connectivity index (χ4v) is 6.68. The van der Waals surface area contributed by atoms with Crippen LogP contribution >= 0.6 is 11.3 Å². The van der Waals surface area contributed by atoms with Gasteiger partial charge in [0.2, 0.25) is 0 Å². The summed E-state index contributed by atoms with van der Waals surface area (Å²) in [5.74, 6) is 1.57. The van der Waals surface area contributed by atoms with Crippen LogP contribution in [0.25, 0.3) is 53.7 Å². The van der Waals surface area contributed by atoms with Crippen molar-refractivity contribution in [3.05, 3.63) is 89.6 Å². The van der Waals surface area contributed by atoms with Gasteiger partial charge >= 0.3 is 0 Å². The van der Waals surface area contributed by atoms with Crippen LogP contribution < -0.4 is 0 Å². The number of pyridine rings is 1. The number of aryl methyl sites for hydroxylation is 1. The molecule has 3 aromatic heterocycles. The van der Waals surface area contributed by atoms with Crippen LogP contribution in [0, 0.1) is 12.8 Å². The molecule has 0 saturated carbocycles. The topological polar surface area (TPSA) is 26.0 Å². The van der Waals surface area contributed by atoms with Gasteiger partial charge in [-0.2, -0.15) is 0 Å². The highest BCUT2D eigenvalue weighted by molar-refractivity contribution is 7.22. The van der Waals surface area contributed by atoms with Gasteiger partial charge in [-0.1, -0.05) is 71.0 Å². The molecular formula is C34H33NOS. The maximum absolute atomic E-state index is 6.63. The average Bonchev–Trinajstić information content (AvgIpc) is 3.43. The third-order valence-corrected chi connectivity index (χ3v) is 8.52. The minimum Gasteiger partial charge on any atom is -0.453 e. The molecule has 0 radical (unpaired) electrons. The second-order valence-electron chi connectivity index (χ2n) is 11.7. The van der Waals surface area contributed by atoms with E-state index in [1.54, 1.807) is 0 Å². The zero-order chi connectivity index (χ0) is 25.9. The lowest BCUT2D eigenvalue weighted by atomic mass is 9.82. The highest BCUT2D eigenvalue weighted by Gasteiger charge is 2.21. The van der Waals surface area contributed by atoms with Gasteiger partial charge in [0.25, 0.3) is 0 Å². The summed E-state index contributed by atoms with van der Waals surface area (Å²) in [4.78, 5) is 6.03. The van der Waals surface area contributed by atoms with Crippen LogP contribution in [0.2, 0.25) is 0 Å². The molecule has 0 N–H and O–H groups in total. The molecule has 37 heavy (non-hydrogen) atoms. The van der Waals surface area contributed by atoms with Crippen molar-refractivity contribution >= 4 is 43.2 Å². The molecule has 0 unspecified atom stereocenters. The Morgan fingerprint density at radius 2 is 1.70 bits per heavy atom. The first-order valence-electron chi connectivity index (χ1n) is 13.1. The monoisotopic (exact) mass is 503 g/mol. The fourth-order valence-electron chi connectivity index (χ4n) is 5.45. The van der Waals surface area contributed by atoms with E-state index in [0.717, 1.165) is 34.4 Å². The van der Waals surface area contributed by atoms with Crippen molar-refractivity contribution in [2.75, 3.05) is 0 Å². The van der Waals surface area contributed by atoms with Crippen molar-refractivity contribution in [3.8, 4) is 21.9 Å². The van der Waals surface area contributed by atoms with Crippen LogP contribution in [0.15, 0.2) is 77.3 Å². The molecule has 0 fully saturated rings. The maximum atomic E-state index is 6.63. The molecule has 0 atom stereocenters. The molecule has 0 aliphatic heterocycles. The van der Waals surface area contributed by atoms with Crippen LogP contribution in [-0.2, 0) is 11.8 Å². The average molecular weight is 504 g/mol. The number of nitrogens with zero attached hydrogens (tertiary/aromatic N) is 1. The highest BCUT2D eigenvalue weighted by Crippen LogP contribution is 2.43. The van der Waals surface area contributed by atoms with Crippen LogP contribution in [0.4, 0.5) is 0 Å². The molecular weight excluding hydrogens is 470 g/mol. The Kier molecular flexibility index (Phi) is 5.72. The van der Waals surface area contributed by atoms with Crippen LogP contribution in [0.3, 0.4) is 0 Å². The summed E-state index contributed by atoms with van der Waals surface area (Å²) in [5, 5.41) is 4.93. The lowest BCUT2D eigenvalue weighted by molar-refractivity contribution is 0.596. The molecule has 0 aliphatic carbocycles. The molecule has 6 rings (SSSR count). The Labute approximate surface area is 223 Å². The summed E-state index contributed by atoms with van der Waals surface area (Å²) in [6.45, 7) is 13.6. The summed E-state index contributed by atoms with van der Waals surface area (Å²) in [7, 11) is 0. The van der Waals surface area contributed by atoms with Gasteiger partial charge < -0.3 is 4.42 Å². The van der Waals surface area contributed by atoms with Gasteiger partial charge in [0.15, 0.2) is 5.58 Å². The molecule has 3 heteroatoms. The van der Waals surface area contributed by atoms with E-state index in [4.69, 9.17) is 9.40 Å². The molecule has 0 saturated heterocycles. The van der Waals surface area contributed by atoms with Gasteiger partial charge in [-0.15, -0.1) is 11.3 Å². The third kappa shape index (κ3) is 4.26. The predicted octanol–water partition coefficient (Wildman–Crippen LogP) is 10.3. The maximum Gasteiger partial charge on any atom is 0.161 e. The number of hydrogen-bond acceptors (Lipinski definition) is 3. The highest BCUT2D eigenvalue weighted by atomic mass is 32.1. The standard InChI is InChI=1S/C34H33NOS/c1-20(2)15-22-11-12-26-21(3)33(37-30(26)16-22)29-19-24-13-14-35-31(32(24)36-29)25-17-23-9-7-8-10-27(23)28(18-25)34(4,5)6/h7-14,16-20H,15H2,1-6H3. The number of fused-ring (bicyclic) bond motifs is 3. The van der Waals surface area contributed by atoms with E-state index in [0.29, 0.717) is 5.92 Å². The Hall–Kier alpha value is -3.43.